The second kappa shape index (κ2) is 6.73. The molecule has 2 aromatic rings. The molecular formula is C13H9BrF3N3O2. The van der Waals surface area contributed by atoms with Gasteiger partial charge < -0.3 is 10.1 Å². The molecule has 22 heavy (non-hydrogen) atoms. The molecule has 0 atom stereocenters. The van der Waals surface area contributed by atoms with Crippen LogP contribution in [0.2, 0.25) is 0 Å². The van der Waals surface area contributed by atoms with Gasteiger partial charge in [0.2, 0.25) is 5.88 Å². The minimum absolute atomic E-state index is 0.170. The van der Waals surface area contributed by atoms with E-state index in [0.29, 0.717) is 5.82 Å². The van der Waals surface area contributed by atoms with Crippen LogP contribution >= 0.6 is 15.9 Å². The SMILES string of the molecule is O=C(Nc1ccc(Br)cn1)c1ccc(OCC(F)(F)F)nc1. The number of anilines is 1. The van der Waals surface area contributed by atoms with E-state index in [2.05, 4.69) is 36.0 Å². The van der Waals surface area contributed by atoms with Crippen LogP contribution in [-0.4, -0.2) is 28.7 Å². The van der Waals surface area contributed by atoms with Crippen molar-refractivity contribution >= 4 is 27.7 Å². The number of carbonyl (C=O) groups excluding carboxylic acids is 1. The van der Waals surface area contributed by atoms with E-state index in [1.165, 1.54) is 18.3 Å². The van der Waals surface area contributed by atoms with Gasteiger partial charge >= 0.3 is 6.18 Å². The fourth-order valence-corrected chi connectivity index (χ4v) is 1.63. The number of ether oxygens (including phenoxy) is 1. The highest BCUT2D eigenvalue weighted by molar-refractivity contribution is 9.10. The molecule has 0 aliphatic carbocycles. The average Bonchev–Trinajstić information content (AvgIpc) is 2.47. The standard InChI is InChI=1S/C13H9BrF3N3O2/c14-9-2-3-10(18-6-9)20-12(21)8-1-4-11(19-5-8)22-7-13(15,16)17/h1-6H,7H2,(H,18,20,21). The van der Waals surface area contributed by atoms with Crippen molar-refractivity contribution in [3.63, 3.8) is 0 Å². The Morgan fingerprint density at radius 2 is 1.95 bits per heavy atom. The quantitative estimate of drug-likeness (QED) is 0.888. The van der Waals surface area contributed by atoms with Crippen LogP contribution in [0.1, 0.15) is 10.4 Å². The van der Waals surface area contributed by atoms with E-state index in [0.717, 1.165) is 10.7 Å². The maximum atomic E-state index is 12.0. The predicted molar refractivity (Wildman–Crippen MR) is 75.7 cm³/mol. The lowest BCUT2D eigenvalue weighted by molar-refractivity contribution is -0.154. The van der Waals surface area contributed by atoms with Crippen LogP contribution < -0.4 is 10.1 Å². The van der Waals surface area contributed by atoms with E-state index in [9.17, 15) is 18.0 Å². The molecule has 0 spiro atoms. The van der Waals surface area contributed by atoms with Gasteiger partial charge in [0.1, 0.15) is 5.82 Å². The molecule has 1 amide bonds. The number of pyridine rings is 2. The highest BCUT2D eigenvalue weighted by Gasteiger charge is 2.28. The van der Waals surface area contributed by atoms with Gasteiger partial charge in [0.25, 0.3) is 5.91 Å². The maximum absolute atomic E-state index is 12.0. The van der Waals surface area contributed by atoms with E-state index in [-0.39, 0.29) is 11.4 Å². The van der Waals surface area contributed by atoms with Gasteiger partial charge in [-0.3, -0.25) is 4.79 Å². The molecule has 0 aliphatic heterocycles. The van der Waals surface area contributed by atoms with E-state index >= 15 is 0 Å². The van der Waals surface area contributed by atoms with Crippen molar-refractivity contribution in [2.75, 3.05) is 11.9 Å². The molecule has 2 aromatic heterocycles. The molecule has 0 saturated heterocycles. The van der Waals surface area contributed by atoms with Crippen LogP contribution in [0.4, 0.5) is 19.0 Å². The minimum atomic E-state index is -4.44. The molecular weight excluding hydrogens is 367 g/mol. The van der Waals surface area contributed by atoms with E-state index in [1.807, 2.05) is 0 Å². The van der Waals surface area contributed by atoms with Gasteiger partial charge in [0.05, 0.1) is 5.56 Å². The molecule has 0 unspecified atom stereocenters. The van der Waals surface area contributed by atoms with Gasteiger partial charge in [-0.1, -0.05) is 0 Å². The molecule has 2 rings (SSSR count). The van der Waals surface area contributed by atoms with Gasteiger partial charge in [-0.05, 0) is 34.1 Å². The summed E-state index contributed by atoms with van der Waals surface area (Å²) in [6.07, 6.45) is -1.80. The van der Waals surface area contributed by atoms with Crippen molar-refractivity contribution in [3.05, 3.63) is 46.7 Å². The van der Waals surface area contributed by atoms with E-state index in [1.54, 1.807) is 12.1 Å². The Hall–Kier alpha value is -2.16. The Morgan fingerprint density at radius 1 is 1.18 bits per heavy atom. The van der Waals surface area contributed by atoms with Crippen LogP contribution in [0.5, 0.6) is 5.88 Å². The molecule has 116 valence electrons. The number of alkyl halides is 3. The number of nitrogens with zero attached hydrogens (tertiary/aromatic N) is 2. The monoisotopic (exact) mass is 375 g/mol. The molecule has 5 nitrogen and oxygen atoms in total. The van der Waals surface area contributed by atoms with Crippen molar-refractivity contribution in [2.45, 2.75) is 6.18 Å². The second-order valence-electron chi connectivity index (χ2n) is 4.10. The molecule has 0 aliphatic rings. The predicted octanol–water partition coefficient (Wildman–Crippen LogP) is 3.43. The zero-order valence-corrected chi connectivity index (χ0v) is 12.5. The van der Waals surface area contributed by atoms with Crippen molar-refractivity contribution < 1.29 is 22.7 Å². The largest absolute Gasteiger partial charge is 0.468 e. The van der Waals surface area contributed by atoms with E-state index < -0.39 is 18.7 Å². The average molecular weight is 376 g/mol. The van der Waals surface area contributed by atoms with Gasteiger partial charge in [-0.25, -0.2) is 9.97 Å². The second-order valence-corrected chi connectivity index (χ2v) is 5.02. The van der Waals surface area contributed by atoms with Gasteiger partial charge in [0.15, 0.2) is 6.61 Å². The fourth-order valence-electron chi connectivity index (χ4n) is 1.39. The third-order valence-electron chi connectivity index (χ3n) is 2.35. The van der Waals surface area contributed by atoms with Crippen molar-refractivity contribution in [1.29, 1.82) is 0 Å². The zero-order valence-electron chi connectivity index (χ0n) is 10.9. The number of hydrogen-bond acceptors (Lipinski definition) is 4. The smallest absolute Gasteiger partial charge is 0.422 e. The summed E-state index contributed by atoms with van der Waals surface area (Å²) in [7, 11) is 0. The molecule has 0 radical (unpaired) electrons. The first kappa shape index (κ1) is 16.2. The number of hydrogen-bond donors (Lipinski definition) is 1. The van der Waals surface area contributed by atoms with E-state index in [4.69, 9.17) is 0 Å². The molecule has 2 heterocycles. The fraction of sp³-hybridized carbons (Fsp3) is 0.154. The Kier molecular flexibility index (Phi) is 4.96. The molecule has 1 N–H and O–H groups in total. The summed E-state index contributed by atoms with van der Waals surface area (Å²) >= 11 is 3.21. The molecule has 0 fully saturated rings. The third kappa shape index (κ3) is 4.99. The van der Waals surface area contributed by atoms with Gasteiger partial charge in [0, 0.05) is 22.9 Å². The highest BCUT2D eigenvalue weighted by Crippen LogP contribution is 2.17. The van der Waals surface area contributed by atoms with Crippen LogP contribution in [-0.2, 0) is 0 Å². The number of amides is 1. The van der Waals surface area contributed by atoms with Crippen LogP contribution in [0.25, 0.3) is 0 Å². The Labute approximate surface area is 131 Å². The first-order valence-electron chi connectivity index (χ1n) is 5.92. The number of rotatable bonds is 4. The summed E-state index contributed by atoms with van der Waals surface area (Å²) in [6.45, 7) is -1.44. The van der Waals surface area contributed by atoms with Crippen molar-refractivity contribution in [1.82, 2.24) is 9.97 Å². The van der Waals surface area contributed by atoms with Crippen LogP contribution in [0.3, 0.4) is 0 Å². The molecule has 9 heteroatoms. The lowest BCUT2D eigenvalue weighted by Gasteiger charge is -2.08. The minimum Gasteiger partial charge on any atom is -0.468 e. The Morgan fingerprint density at radius 3 is 2.50 bits per heavy atom. The van der Waals surface area contributed by atoms with Crippen molar-refractivity contribution in [3.8, 4) is 5.88 Å². The molecule has 0 saturated carbocycles. The summed E-state index contributed by atoms with van der Waals surface area (Å²) in [4.78, 5) is 19.5. The first-order valence-corrected chi connectivity index (χ1v) is 6.71. The van der Waals surface area contributed by atoms with Crippen molar-refractivity contribution in [2.24, 2.45) is 0 Å². The summed E-state index contributed by atoms with van der Waals surface area (Å²) in [5.74, 6) is -0.356. The Bertz CT molecular complexity index is 645. The Balaban J connectivity index is 1.97. The highest BCUT2D eigenvalue weighted by atomic mass is 79.9. The van der Waals surface area contributed by atoms with Gasteiger partial charge in [-0.2, -0.15) is 13.2 Å². The third-order valence-corrected chi connectivity index (χ3v) is 2.82. The zero-order chi connectivity index (χ0) is 16.2. The number of halogens is 4. The molecule has 0 aromatic carbocycles. The number of nitrogens with one attached hydrogen (secondary N) is 1. The first-order chi connectivity index (χ1) is 10.3. The summed E-state index contributed by atoms with van der Waals surface area (Å²) in [6, 6.07) is 5.80. The summed E-state index contributed by atoms with van der Waals surface area (Å²) in [5, 5.41) is 2.53. The lowest BCUT2D eigenvalue weighted by atomic mass is 10.2. The van der Waals surface area contributed by atoms with Crippen LogP contribution in [0.15, 0.2) is 41.1 Å². The normalized spacial score (nSPS) is 11.1. The van der Waals surface area contributed by atoms with Crippen LogP contribution in [0, 0.1) is 0 Å². The lowest BCUT2D eigenvalue weighted by Crippen LogP contribution is -2.19. The summed E-state index contributed by atoms with van der Waals surface area (Å²) < 4.78 is 41.2. The number of aromatic nitrogens is 2. The van der Waals surface area contributed by atoms with Gasteiger partial charge in [-0.15, -0.1) is 0 Å². The topological polar surface area (TPSA) is 64.1 Å². The maximum Gasteiger partial charge on any atom is 0.422 e. The molecule has 0 bridgehead atoms. The summed E-state index contributed by atoms with van der Waals surface area (Å²) in [5.41, 5.74) is 0.170. The number of carbonyl (C=O) groups is 1.